The Morgan fingerprint density at radius 1 is 1.10 bits per heavy atom. The molecule has 0 heterocycles. The van der Waals surface area contributed by atoms with Crippen LogP contribution in [0.25, 0.3) is 0 Å². The van der Waals surface area contributed by atoms with E-state index in [1.54, 1.807) is 24.3 Å². The number of benzene rings is 1. The molecule has 1 aromatic carbocycles. The van der Waals surface area contributed by atoms with Crippen molar-refractivity contribution in [1.29, 1.82) is 0 Å². The highest BCUT2D eigenvalue weighted by Gasteiger charge is 2.04. The van der Waals surface area contributed by atoms with Crippen LogP contribution in [0.15, 0.2) is 42.5 Å². The van der Waals surface area contributed by atoms with E-state index in [-0.39, 0.29) is 19.1 Å². The van der Waals surface area contributed by atoms with E-state index in [1.165, 1.54) is 7.11 Å². The standard InChI is InChI=1S/C14H15NO5/c1-19-12(16)7-8-13(17)20-10-9-15-14(18)11-5-3-2-4-6-11/h2-8H,9-10H2,1H3,(H,15,18)/b8-7+. The molecule has 20 heavy (non-hydrogen) atoms. The molecule has 0 atom stereocenters. The highest BCUT2D eigenvalue weighted by Crippen LogP contribution is 1.97. The first kappa shape index (κ1) is 15.4. The lowest BCUT2D eigenvalue weighted by Gasteiger charge is -2.05. The number of nitrogens with one attached hydrogen (secondary N) is 1. The average Bonchev–Trinajstić information content (AvgIpc) is 2.49. The first-order valence-electron chi connectivity index (χ1n) is 5.89. The second-order valence-electron chi connectivity index (χ2n) is 3.65. The minimum atomic E-state index is -0.677. The van der Waals surface area contributed by atoms with Gasteiger partial charge in [-0.2, -0.15) is 0 Å². The number of carbonyl (C=O) groups is 3. The molecule has 0 saturated heterocycles. The van der Waals surface area contributed by atoms with Gasteiger partial charge >= 0.3 is 11.9 Å². The van der Waals surface area contributed by atoms with Gasteiger partial charge in [0.2, 0.25) is 0 Å². The molecule has 1 amide bonds. The summed E-state index contributed by atoms with van der Waals surface area (Å²) in [5.41, 5.74) is 0.532. The number of hydrogen-bond donors (Lipinski definition) is 1. The molecule has 0 aliphatic heterocycles. The van der Waals surface area contributed by atoms with Crippen LogP contribution in [0.1, 0.15) is 10.4 Å². The van der Waals surface area contributed by atoms with Crippen molar-refractivity contribution in [2.24, 2.45) is 0 Å². The van der Waals surface area contributed by atoms with E-state index in [0.717, 1.165) is 12.2 Å². The quantitative estimate of drug-likeness (QED) is 0.470. The van der Waals surface area contributed by atoms with Crippen molar-refractivity contribution in [1.82, 2.24) is 5.32 Å². The Labute approximate surface area is 116 Å². The Balaban J connectivity index is 2.22. The maximum atomic E-state index is 11.6. The molecule has 0 aliphatic carbocycles. The fourth-order valence-electron chi connectivity index (χ4n) is 1.26. The van der Waals surface area contributed by atoms with Crippen molar-refractivity contribution in [2.45, 2.75) is 0 Å². The van der Waals surface area contributed by atoms with Crippen LogP contribution >= 0.6 is 0 Å². The van der Waals surface area contributed by atoms with Crippen LogP contribution < -0.4 is 5.32 Å². The van der Waals surface area contributed by atoms with E-state index in [9.17, 15) is 14.4 Å². The summed E-state index contributed by atoms with van der Waals surface area (Å²) >= 11 is 0. The van der Waals surface area contributed by atoms with Crippen LogP contribution in [0.4, 0.5) is 0 Å². The number of ether oxygens (including phenoxy) is 2. The van der Waals surface area contributed by atoms with E-state index in [4.69, 9.17) is 4.74 Å². The van der Waals surface area contributed by atoms with Gasteiger partial charge in [0.25, 0.3) is 5.91 Å². The van der Waals surface area contributed by atoms with Gasteiger partial charge in [0, 0.05) is 17.7 Å². The molecule has 0 spiro atoms. The lowest BCUT2D eigenvalue weighted by atomic mass is 10.2. The monoisotopic (exact) mass is 277 g/mol. The normalized spacial score (nSPS) is 10.1. The topological polar surface area (TPSA) is 81.7 Å². The summed E-state index contributed by atoms with van der Waals surface area (Å²) in [5.74, 6) is -1.56. The van der Waals surface area contributed by atoms with Crippen LogP contribution in [0.3, 0.4) is 0 Å². The molecule has 0 fully saturated rings. The molecule has 6 heteroatoms. The van der Waals surface area contributed by atoms with Crippen molar-refractivity contribution < 1.29 is 23.9 Å². The third kappa shape index (κ3) is 5.81. The van der Waals surface area contributed by atoms with Gasteiger partial charge in [-0.05, 0) is 12.1 Å². The fourth-order valence-corrected chi connectivity index (χ4v) is 1.26. The van der Waals surface area contributed by atoms with Crippen molar-refractivity contribution in [3.05, 3.63) is 48.0 Å². The van der Waals surface area contributed by atoms with Gasteiger partial charge in [0.1, 0.15) is 6.61 Å². The molecule has 0 unspecified atom stereocenters. The summed E-state index contributed by atoms with van der Waals surface area (Å²) in [7, 11) is 1.21. The van der Waals surface area contributed by atoms with Gasteiger partial charge in [0.05, 0.1) is 13.7 Å². The van der Waals surface area contributed by atoms with Crippen LogP contribution in [0.2, 0.25) is 0 Å². The number of rotatable bonds is 6. The first-order valence-corrected chi connectivity index (χ1v) is 5.89. The van der Waals surface area contributed by atoms with Crippen LogP contribution in [-0.2, 0) is 19.1 Å². The Morgan fingerprint density at radius 3 is 2.40 bits per heavy atom. The first-order chi connectivity index (χ1) is 9.63. The summed E-state index contributed by atoms with van der Waals surface area (Å²) in [5, 5.41) is 2.60. The smallest absolute Gasteiger partial charge is 0.331 e. The van der Waals surface area contributed by atoms with Crippen LogP contribution in [0, 0.1) is 0 Å². The van der Waals surface area contributed by atoms with Gasteiger partial charge in [-0.15, -0.1) is 0 Å². The van der Waals surface area contributed by atoms with E-state index in [2.05, 4.69) is 10.1 Å². The van der Waals surface area contributed by atoms with Gasteiger partial charge in [0.15, 0.2) is 0 Å². The molecule has 0 saturated carbocycles. The SMILES string of the molecule is COC(=O)/C=C/C(=O)OCCNC(=O)c1ccccc1. The largest absolute Gasteiger partial charge is 0.466 e. The van der Waals surface area contributed by atoms with Gasteiger partial charge < -0.3 is 14.8 Å². The van der Waals surface area contributed by atoms with Crippen LogP contribution in [0.5, 0.6) is 0 Å². The molecule has 0 radical (unpaired) electrons. The number of esters is 2. The fraction of sp³-hybridized carbons (Fsp3) is 0.214. The lowest BCUT2D eigenvalue weighted by Crippen LogP contribution is -2.27. The predicted molar refractivity (Wildman–Crippen MR) is 70.9 cm³/mol. The second-order valence-corrected chi connectivity index (χ2v) is 3.65. The molecular weight excluding hydrogens is 262 g/mol. The summed E-state index contributed by atoms with van der Waals surface area (Å²) in [6.45, 7) is 0.203. The van der Waals surface area contributed by atoms with Crippen molar-refractivity contribution in [3.63, 3.8) is 0 Å². The second kappa shape index (κ2) is 8.47. The van der Waals surface area contributed by atoms with E-state index in [0.29, 0.717) is 5.56 Å². The Bertz CT molecular complexity index is 496. The van der Waals surface area contributed by atoms with Crippen LogP contribution in [-0.4, -0.2) is 38.1 Å². The number of hydrogen-bond acceptors (Lipinski definition) is 5. The minimum Gasteiger partial charge on any atom is -0.466 e. The van der Waals surface area contributed by atoms with E-state index in [1.807, 2.05) is 6.07 Å². The third-order valence-corrected chi connectivity index (χ3v) is 2.22. The third-order valence-electron chi connectivity index (χ3n) is 2.22. The maximum absolute atomic E-state index is 11.6. The zero-order chi connectivity index (χ0) is 14.8. The molecule has 106 valence electrons. The molecule has 6 nitrogen and oxygen atoms in total. The van der Waals surface area contributed by atoms with E-state index >= 15 is 0 Å². The Kier molecular flexibility index (Phi) is 6.53. The molecule has 0 aromatic heterocycles. The average molecular weight is 277 g/mol. The number of carbonyl (C=O) groups excluding carboxylic acids is 3. The Morgan fingerprint density at radius 2 is 1.75 bits per heavy atom. The molecular formula is C14H15NO5. The summed E-state index contributed by atoms with van der Waals surface area (Å²) < 4.78 is 9.09. The van der Waals surface area contributed by atoms with Crippen molar-refractivity contribution >= 4 is 17.8 Å². The van der Waals surface area contributed by atoms with Gasteiger partial charge in [-0.3, -0.25) is 4.79 Å². The van der Waals surface area contributed by atoms with Gasteiger partial charge in [-0.1, -0.05) is 18.2 Å². The number of amides is 1. The predicted octanol–water partition coefficient (Wildman–Crippen LogP) is 0.689. The zero-order valence-electron chi connectivity index (χ0n) is 11.0. The molecule has 0 bridgehead atoms. The molecule has 1 rings (SSSR count). The zero-order valence-corrected chi connectivity index (χ0v) is 11.0. The molecule has 0 aliphatic rings. The Hall–Kier alpha value is -2.63. The maximum Gasteiger partial charge on any atom is 0.331 e. The number of methoxy groups -OCH3 is 1. The highest BCUT2D eigenvalue weighted by atomic mass is 16.5. The van der Waals surface area contributed by atoms with Gasteiger partial charge in [-0.25, -0.2) is 9.59 Å². The summed E-state index contributed by atoms with van der Waals surface area (Å²) in [6, 6.07) is 8.69. The highest BCUT2D eigenvalue weighted by molar-refractivity contribution is 5.94. The lowest BCUT2D eigenvalue weighted by molar-refractivity contribution is -0.139. The summed E-state index contributed by atoms with van der Waals surface area (Å²) in [4.78, 5) is 33.5. The van der Waals surface area contributed by atoms with Crippen molar-refractivity contribution in [2.75, 3.05) is 20.3 Å². The summed E-state index contributed by atoms with van der Waals surface area (Å²) in [6.07, 6.45) is 1.93. The molecule has 1 N–H and O–H groups in total. The van der Waals surface area contributed by atoms with E-state index < -0.39 is 11.9 Å². The van der Waals surface area contributed by atoms with Crippen molar-refractivity contribution in [3.8, 4) is 0 Å². The molecule has 1 aromatic rings. The minimum absolute atomic E-state index is 0.0168.